The van der Waals surface area contributed by atoms with Gasteiger partial charge in [-0.1, -0.05) is 20.8 Å². The molecule has 2 rings (SSSR count). The molecule has 0 aliphatic rings. The van der Waals surface area contributed by atoms with Crippen molar-refractivity contribution < 1.29 is 21.6 Å². The average Bonchev–Trinajstić information content (AvgIpc) is 2.62. The largest absolute Gasteiger partial charge is 0.326 e. The minimum absolute atomic E-state index is 0.0274. The SMILES string of the molecule is CN(C)S(=O)(=O)Nc1ccc(S(=O)(=O)Nc2ccc(NC(=O)C(C)(C)C)cc2)cc1. The monoisotopic (exact) mass is 454 g/mol. The highest BCUT2D eigenvalue weighted by atomic mass is 32.2. The molecular formula is C19H26N4O5S2. The lowest BCUT2D eigenvalue weighted by molar-refractivity contribution is -0.123. The van der Waals surface area contributed by atoms with Crippen molar-refractivity contribution in [2.45, 2.75) is 25.7 Å². The summed E-state index contributed by atoms with van der Waals surface area (Å²) in [5.41, 5.74) is 0.561. The van der Waals surface area contributed by atoms with Crippen LogP contribution >= 0.6 is 0 Å². The van der Waals surface area contributed by atoms with Crippen molar-refractivity contribution >= 4 is 43.2 Å². The van der Waals surface area contributed by atoms with Crippen LogP contribution in [0.1, 0.15) is 20.8 Å². The lowest BCUT2D eigenvalue weighted by atomic mass is 9.95. The zero-order valence-corrected chi connectivity index (χ0v) is 19.1. The second-order valence-electron chi connectivity index (χ2n) is 7.80. The van der Waals surface area contributed by atoms with Gasteiger partial charge in [0.2, 0.25) is 5.91 Å². The Morgan fingerprint density at radius 3 is 1.67 bits per heavy atom. The van der Waals surface area contributed by atoms with Crippen molar-refractivity contribution in [1.29, 1.82) is 0 Å². The van der Waals surface area contributed by atoms with Gasteiger partial charge in [-0.05, 0) is 48.5 Å². The molecule has 0 heterocycles. The number of hydrogen-bond donors (Lipinski definition) is 3. The number of nitrogens with one attached hydrogen (secondary N) is 3. The standard InChI is InChI=1S/C19H26N4O5S2/c1-19(2,3)18(24)20-14-6-8-15(9-7-14)21-29(25,26)17-12-10-16(11-13-17)22-30(27,28)23(4)5/h6-13,21-22H,1-5H3,(H,20,24). The Labute approximate surface area is 177 Å². The van der Waals surface area contributed by atoms with Gasteiger partial charge in [0.15, 0.2) is 0 Å². The third-order valence-electron chi connectivity index (χ3n) is 3.97. The van der Waals surface area contributed by atoms with Crippen LogP contribution in [-0.2, 0) is 25.0 Å². The third kappa shape index (κ3) is 6.18. The molecule has 2 aromatic carbocycles. The molecule has 0 fully saturated rings. The van der Waals surface area contributed by atoms with Crippen molar-refractivity contribution in [3.05, 3.63) is 48.5 Å². The van der Waals surface area contributed by atoms with E-state index in [1.165, 1.54) is 50.5 Å². The summed E-state index contributed by atoms with van der Waals surface area (Å²) < 4.78 is 54.6. The lowest BCUT2D eigenvalue weighted by Gasteiger charge is -2.18. The van der Waals surface area contributed by atoms with Crippen LogP contribution in [0.15, 0.2) is 53.4 Å². The summed E-state index contributed by atoms with van der Waals surface area (Å²) in [7, 11) is -4.80. The molecule has 3 N–H and O–H groups in total. The van der Waals surface area contributed by atoms with E-state index in [0.717, 1.165) is 4.31 Å². The molecule has 0 aromatic heterocycles. The Bertz CT molecular complexity index is 1100. The zero-order chi connectivity index (χ0) is 22.7. The summed E-state index contributed by atoms with van der Waals surface area (Å²) >= 11 is 0. The van der Waals surface area contributed by atoms with E-state index >= 15 is 0 Å². The summed E-state index contributed by atoms with van der Waals surface area (Å²) in [5.74, 6) is -0.152. The van der Waals surface area contributed by atoms with Crippen LogP contribution in [-0.4, -0.2) is 41.1 Å². The van der Waals surface area contributed by atoms with E-state index in [0.29, 0.717) is 11.4 Å². The number of hydrogen-bond acceptors (Lipinski definition) is 5. The van der Waals surface area contributed by atoms with Gasteiger partial charge in [-0.15, -0.1) is 0 Å². The van der Waals surface area contributed by atoms with Crippen LogP contribution in [0.2, 0.25) is 0 Å². The van der Waals surface area contributed by atoms with Gasteiger partial charge >= 0.3 is 10.2 Å². The molecule has 0 saturated carbocycles. The number of sulfonamides is 1. The number of amides is 1. The molecule has 0 bridgehead atoms. The Kier molecular flexibility index (Phi) is 6.80. The number of benzene rings is 2. The summed E-state index contributed by atoms with van der Waals surface area (Å²) in [4.78, 5) is 12.0. The molecule has 0 saturated heterocycles. The molecule has 1 amide bonds. The van der Waals surface area contributed by atoms with Crippen molar-refractivity contribution in [3.8, 4) is 0 Å². The van der Waals surface area contributed by atoms with E-state index in [1.807, 2.05) is 0 Å². The van der Waals surface area contributed by atoms with Gasteiger partial charge in [0.25, 0.3) is 10.0 Å². The van der Waals surface area contributed by atoms with Gasteiger partial charge < -0.3 is 5.32 Å². The van der Waals surface area contributed by atoms with Gasteiger partial charge in [-0.3, -0.25) is 14.2 Å². The number of carbonyl (C=O) groups is 1. The fourth-order valence-electron chi connectivity index (χ4n) is 2.10. The van der Waals surface area contributed by atoms with Crippen LogP contribution in [0.5, 0.6) is 0 Å². The van der Waals surface area contributed by atoms with E-state index in [2.05, 4.69) is 14.8 Å². The number of carbonyl (C=O) groups excluding carboxylic acids is 1. The normalized spacial score (nSPS) is 12.5. The first-order valence-corrected chi connectivity index (χ1v) is 11.9. The van der Waals surface area contributed by atoms with Crippen molar-refractivity contribution in [3.63, 3.8) is 0 Å². The predicted molar refractivity (Wildman–Crippen MR) is 118 cm³/mol. The van der Waals surface area contributed by atoms with Crippen molar-refractivity contribution in [2.24, 2.45) is 5.41 Å². The summed E-state index contributed by atoms with van der Waals surface area (Å²) in [5, 5.41) is 2.76. The maximum atomic E-state index is 12.6. The fraction of sp³-hybridized carbons (Fsp3) is 0.316. The quantitative estimate of drug-likeness (QED) is 0.593. The minimum atomic E-state index is -3.87. The zero-order valence-electron chi connectivity index (χ0n) is 17.4. The molecule has 164 valence electrons. The molecule has 11 heteroatoms. The van der Waals surface area contributed by atoms with Gasteiger partial charge in [-0.2, -0.15) is 12.7 Å². The lowest BCUT2D eigenvalue weighted by Crippen LogP contribution is -2.28. The first-order chi connectivity index (χ1) is 13.7. The van der Waals surface area contributed by atoms with Crippen LogP contribution < -0.4 is 14.8 Å². The summed E-state index contributed by atoms with van der Waals surface area (Å²) in [6.07, 6.45) is 0. The predicted octanol–water partition coefficient (Wildman–Crippen LogP) is 2.69. The Balaban J connectivity index is 2.10. The number of nitrogens with zero attached hydrogens (tertiary/aromatic N) is 1. The Morgan fingerprint density at radius 1 is 0.767 bits per heavy atom. The van der Waals surface area contributed by atoms with Gasteiger partial charge in [0.1, 0.15) is 0 Å². The van der Waals surface area contributed by atoms with Crippen LogP contribution in [0.25, 0.3) is 0 Å². The van der Waals surface area contributed by atoms with Crippen LogP contribution in [0.4, 0.5) is 17.1 Å². The summed E-state index contributed by atoms with van der Waals surface area (Å²) in [6, 6.07) is 11.6. The number of rotatable bonds is 7. The van der Waals surface area contributed by atoms with E-state index in [9.17, 15) is 21.6 Å². The van der Waals surface area contributed by atoms with E-state index < -0.39 is 25.6 Å². The van der Waals surface area contributed by atoms with Gasteiger partial charge in [-0.25, -0.2) is 8.42 Å². The molecule has 0 aliphatic carbocycles. The fourth-order valence-corrected chi connectivity index (χ4v) is 3.77. The van der Waals surface area contributed by atoms with E-state index in [1.54, 1.807) is 32.9 Å². The van der Waals surface area contributed by atoms with E-state index in [-0.39, 0.29) is 16.5 Å². The van der Waals surface area contributed by atoms with Crippen molar-refractivity contribution in [2.75, 3.05) is 28.9 Å². The second kappa shape index (κ2) is 8.62. The maximum Gasteiger partial charge on any atom is 0.301 e. The van der Waals surface area contributed by atoms with Gasteiger partial charge in [0, 0.05) is 36.6 Å². The smallest absolute Gasteiger partial charge is 0.301 e. The third-order valence-corrected chi connectivity index (χ3v) is 6.82. The molecule has 2 aromatic rings. The highest BCUT2D eigenvalue weighted by Gasteiger charge is 2.21. The topological polar surface area (TPSA) is 125 Å². The van der Waals surface area contributed by atoms with Crippen LogP contribution in [0, 0.1) is 5.41 Å². The molecule has 30 heavy (non-hydrogen) atoms. The highest BCUT2D eigenvalue weighted by molar-refractivity contribution is 7.92. The average molecular weight is 455 g/mol. The Hall–Kier alpha value is -2.63. The molecule has 0 aliphatic heterocycles. The first-order valence-electron chi connectivity index (χ1n) is 8.95. The second-order valence-corrected chi connectivity index (χ2v) is 11.4. The molecule has 0 atom stereocenters. The molecule has 0 unspecified atom stereocenters. The van der Waals surface area contributed by atoms with Gasteiger partial charge in [0.05, 0.1) is 4.90 Å². The minimum Gasteiger partial charge on any atom is -0.326 e. The van der Waals surface area contributed by atoms with Crippen LogP contribution in [0.3, 0.4) is 0 Å². The summed E-state index contributed by atoms with van der Waals surface area (Å²) in [6.45, 7) is 5.38. The molecule has 9 nitrogen and oxygen atoms in total. The maximum absolute atomic E-state index is 12.6. The number of anilines is 3. The molecule has 0 radical (unpaired) electrons. The Morgan fingerprint density at radius 2 is 1.20 bits per heavy atom. The molecular weight excluding hydrogens is 428 g/mol. The van der Waals surface area contributed by atoms with Crippen molar-refractivity contribution in [1.82, 2.24) is 4.31 Å². The van der Waals surface area contributed by atoms with E-state index in [4.69, 9.17) is 0 Å². The highest BCUT2D eigenvalue weighted by Crippen LogP contribution is 2.22. The molecule has 0 spiro atoms. The first kappa shape index (κ1) is 23.6.